The van der Waals surface area contributed by atoms with Crippen LogP contribution in [0.2, 0.25) is 0 Å². The van der Waals surface area contributed by atoms with Gasteiger partial charge in [-0.25, -0.2) is 0 Å². The molecule has 0 aliphatic heterocycles. The fraction of sp³-hybridized carbons (Fsp3) is 0.417. The molecule has 0 aliphatic rings. The number of benzene rings is 1. The van der Waals surface area contributed by atoms with E-state index in [2.05, 4.69) is 18.2 Å². The van der Waals surface area contributed by atoms with Crippen molar-refractivity contribution in [1.82, 2.24) is 0 Å². The third-order valence-electron chi connectivity index (χ3n) is 2.04. The average Bonchev–Trinajstić information content (AvgIpc) is 1.99. The van der Waals surface area contributed by atoms with Crippen LogP contribution in [-0.4, -0.2) is 9.99 Å². The quantitative estimate of drug-likeness (QED) is 0.590. The molecule has 0 atom stereocenters. The standard InChI is InChI=1S/C12H15ClOS/c1-8-5-9(2)7-10(6-8)15-12(3,4)11(13)14/h5-7H,1-4H3. The van der Waals surface area contributed by atoms with Gasteiger partial charge in [0.25, 0.3) is 0 Å². The molecule has 1 nitrogen and oxygen atoms in total. The lowest BCUT2D eigenvalue weighted by molar-refractivity contribution is -0.113. The number of hydrogen-bond donors (Lipinski definition) is 0. The number of aryl methyl sites for hydroxylation is 2. The first-order valence-electron chi connectivity index (χ1n) is 4.78. The molecule has 0 saturated heterocycles. The van der Waals surface area contributed by atoms with Gasteiger partial charge in [0.05, 0.1) is 4.75 Å². The zero-order valence-electron chi connectivity index (χ0n) is 9.43. The van der Waals surface area contributed by atoms with Crippen LogP contribution in [0, 0.1) is 13.8 Å². The van der Waals surface area contributed by atoms with Crippen molar-refractivity contribution < 1.29 is 4.79 Å². The zero-order valence-corrected chi connectivity index (χ0v) is 11.0. The number of hydrogen-bond acceptors (Lipinski definition) is 2. The minimum atomic E-state index is -0.568. The van der Waals surface area contributed by atoms with Crippen LogP contribution >= 0.6 is 23.4 Å². The molecular weight excluding hydrogens is 228 g/mol. The lowest BCUT2D eigenvalue weighted by Crippen LogP contribution is -2.22. The molecule has 0 saturated carbocycles. The molecule has 0 heterocycles. The van der Waals surface area contributed by atoms with Crippen molar-refractivity contribution in [1.29, 1.82) is 0 Å². The molecule has 0 amide bonds. The topological polar surface area (TPSA) is 17.1 Å². The summed E-state index contributed by atoms with van der Waals surface area (Å²) in [6.07, 6.45) is 0. The Labute approximate surface area is 100 Å². The summed E-state index contributed by atoms with van der Waals surface area (Å²) in [6, 6.07) is 6.25. The van der Waals surface area contributed by atoms with E-state index in [9.17, 15) is 4.79 Å². The van der Waals surface area contributed by atoms with Gasteiger partial charge in [-0.3, -0.25) is 4.79 Å². The van der Waals surface area contributed by atoms with Gasteiger partial charge in [-0.1, -0.05) is 6.07 Å². The molecule has 0 unspecified atom stereocenters. The van der Waals surface area contributed by atoms with E-state index in [4.69, 9.17) is 11.6 Å². The lowest BCUT2D eigenvalue weighted by atomic mass is 10.2. The highest BCUT2D eigenvalue weighted by Gasteiger charge is 2.27. The van der Waals surface area contributed by atoms with Gasteiger partial charge in [-0.15, -0.1) is 11.8 Å². The highest BCUT2D eigenvalue weighted by molar-refractivity contribution is 8.01. The Morgan fingerprint density at radius 3 is 2.07 bits per heavy atom. The molecule has 1 rings (SSSR count). The molecule has 0 N–H and O–H groups in total. The van der Waals surface area contributed by atoms with Gasteiger partial charge < -0.3 is 0 Å². The fourth-order valence-corrected chi connectivity index (χ4v) is 2.60. The van der Waals surface area contributed by atoms with Crippen LogP contribution in [0.3, 0.4) is 0 Å². The normalized spacial score (nSPS) is 11.5. The van der Waals surface area contributed by atoms with Gasteiger partial charge in [-0.2, -0.15) is 0 Å². The van der Waals surface area contributed by atoms with Crippen LogP contribution in [0.15, 0.2) is 23.1 Å². The fourth-order valence-electron chi connectivity index (χ4n) is 1.33. The van der Waals surface area contributed by atoms with Crippen molar-refractivity contribution in [3.8, 4) is 0 Å². The first-order valence-corrected chi connectivity index (χ1v) is 5.98. The predicted molar refractivity (Wildman–Crippen MR) is 66.7 cm³/mol. The zero-order chi connectivity index (χ0) is 11.6. The van der Waals surface area contributed by atoms with Crippen LogP contribution in [0.4, 0.5) is 0 Å². The molecule has 0 bridgehead atoms. The lowest BCUT2D eigenvalue weighted by Gasteiger charge is -2.19. The summed E-state index contributed by atoms with van der Waals surface area (Å²) in [7, 11) is 0. The van der Waals surface area contributed by atoms with Crippen LogP contribution in [0.1, 0.15) is 25.0 Å². The molecule has 15 heavy (non-hydrogen) atoms. The minimum absolute atomic E-state index is 0.313. The Kier molecular flexibility index (Phi) is 3.85. The minimum Gasteiger partial charge on any atom is -0.280 e. The van der Waals surface area contributed by atoms with Crippen molar-refractivity contribution >= 4 is 28.6 Å². The molecule has 1 aromatic rings. The maximum absolute atomic E-state index is 11.2. The number of thioether (sulfide) groups is 1. The summed E-state index contributed by atoms with van der Waals surface area (Å²) in [5.74, 6) is 0. The summed E-state index contributed by atoms with van der Waals surface area (Å²) < 4.78 is -0.568. The maximum atomic E-state index is 11.2. The van der Waals surface area contributed by atoms with E-state index in [-0.39, 0.29) is 5.24 Å². The van der Waals surface area contributed by atoms with E-state index in [1.54, 1.807) is 0 Å². The van der Waals surface area contributed by atoms with Gasteiger partial charge in [0.2, 0.25) is 5.24 Å². The Hall–Kier alpha value is -0.470. The monoisotopic (exact) mass is 242 g/mol. The van der Waals surface area contributed by atoms with Crippen molar-refractivity contribution in [2.75, 3.05) is 0 Å². The predicted octanol–water partition coefficient (Wildman–Crippen LogP) is 3.94. The van der Waals surface area contributed by atoms with Crippen molar-refractivity contribution in [3.05, 3.63) is 29.3 Å². The molecule has 0 radical (unpaired) electrons. The first kappa shape index (κ1) is 12.6. The molecule has 82 valence electrons. The molecule has 3 heteroatoms. The second-order valence-electron chi connectivity index (χ2n) is 4.21. The molecular formula is C12H15ClOS. The molecule has 0 fully saturated rings. The van der Waals surface area contributed by atoms with Gasteiger partial charge in [0.15, 0.2) is 0 Å². The van der Waals surface area contributed by atoms with Gasteiger partial charge >= 0.3 is 0 Å². The molecule has 0 aromatic heterocycles. The number of carbonyl (C=O) groups is 1. The summed E-state index contributed by atoms with van der Waals surface area (Å²) in [6.45, 7) is 7.77. The number of halogens is 1. The SMILES string of the molecule is Cc1cc(C)cc(SC(C)(C)C(=O)Cl)c1. The Morgan fingerprint density at radius 2 is 1.67 bits per heavy atom. The van der Waals surface area contributed by atoms with Crippen molar-refractivity contribution in [3.63, 3.8) is 0 Å². The van der Waals surface area contributed by atoms with Crippen LogP contribution in [0.25, 0.3) is 0 Å². The van der Waals surface area contributed by atoms with E-state index in [0.717, 1.165) is 4.90 Å². The Bertz CT molecular complexity index is 365. The summed E-state index contributed by atoms with van der Waals surface area (Å²) in [5.41, 5.74) is 2.41. The van der Waals surface area contributed by atoms with E-state index >= 15 is 0 Å². The van der Waals surface area contributed by atoms with Crippen molar-refractivity contribution in [2.45, 2.75) is 37.3 Å². The smallest absolute Gasteiger partial charge is 0.237 e. The van der Waals surface area contributed by atoms with Crippen molar-refractivity contribution in [2.24, 2.45) is 0 Å². The Morgan fingerprint density at radius 1 is 1.20 bits per heavy atom. The van der Waals surface area contributed by atoms with Crippen LogP contribution in [0.5, 0.6) is 0 Å². The molecule has 1 aromatic carbocycles. The average molecular weight is 243 g/mol. The number of carbonyl (C=O) groups excluding carboxylic acids is 1. The summed E-state index contributed by atoms with van der Waals surface area (Å²) in [5, 5.41) is -0.313. The molecule has 0 aliphatic carbocycles. The third kappa shape index (κ3) is 3.54. The summed E-state index contributed by atoms with van der Waals surface area (Å²) in [4.78, 5) is 12.3. The maximum Gasteiger partial charge on any atom is 0.237 e. The molecule has 0 spiro atoms. The van der Waals surface area contributed by atoms with Gasteiger partial charge in [0, 0.05) is 4.90 Å². The first-order chi connectivity index (χ1) is 6.81. The Balaban J connectivity index is 2.94. The highest BCUT2D eigenvalue weighted by atomic mass is 35.5. The largest absolute Gasteiger partial charge is 0.280 e. The number of rotatable bonds is 3. The highest BCUT2D eigenvalue weighted by Crippen LogP contribution is 2.34. The van der Waals surface area contributed by atoms with Gasteiger partial charge in [-0.05, 0) is 62.6 Å². The van der Waals surface area contributed by atoms with E-state index in [1.807, 2.05) is 27.7 Å². The van der Waals surface area contributed by atoms with E-state index in [1.165, 1.54) is 22.9 Å². The summed E-state index contributed by atoms with van der Waals surface area (Å²) >= 11 is 7.04. The van der Waals surface area contributed by atoms with E-state index < -0.39 is 4.75 Å². The van der Waals surface area contributed by atoms with Crippen LogP contribution in [-0.2, 0) is 4.79 Å². The second kappa shape index (κ2) is 4.58. The second-order valence-corrected chi connectivity index (χ2v) is 6.25. The van der Waals surface area contributed by atoms with Gasteiger partial charge in [0.1, 0.15) is 0 Å². The third-order valence-corrected chi connectivity index (χ3v) is 3.79. The van der Waals surface area contributed by atoms with E-state index in [0.29, 0.717) is 0 Å². The van der Waals surface area contributed by atoms with Crippen LogP contribution < -0.4 is 0 Å².